The molecule has 0 amide bonds. The van der Waals surface area contributed by atoms with Crippen molar-refractivity contribution in [2.24, 2.45) is 0 Å². The third kappa shape index (κ3) is 2.21. The predicted octanol–water partition coefficient (Wildman–Crippen LogP) is 2.06. The van der Waals surface area contributed by atoms with E-state index in [-0.39, 0.29) is 5.97 Å². The van der Waals surface area contributed by atoms with Crippen LogP contribution in [0.3, 0.4) is 0 Å². The van der Waals surface area contributed by atoms with Gasteiger partial charge in [0.2, 0.25) is 0 Å². The molecule has 0 fully saturated rings. The molecule has 1 aromatic heterocycles. The molecule has 0 spiro atoms. The third-order valence-corrected chi connectivity index (χ3v) is 1.64. The van der Waals surface area contributed by atoms with E-state index in [0.29, 0.717) is 15.9 Å². The second-order valence-electron chi connectivity index (χ2n) is 1.86. The van der Waals surface area contributed by atoms with Gasteiger partial charge in [0.05, 0.1) is 12.2 Å². The first-order valence-electron chi connectivity index (χ1n) is 3.15. The lowest BCUT2D eigenvalue weighted by Gasteiger charge is -1.95. The molecule has 1 aromatic rings. The number of esters is 1. The molecule has 0 aromatic carbocycles. The summed E-state index contributed by atoms with van der Waals surface area (Å²) in [5.41, 5.74) is 0.469. The smallest absolute Gasteiger partial charge is 0.341 e. The Bertz CT molecular complexity index is 254. The largest absolute Gasteiger partial charge is 0.462 e. The highest BCUT2D eigenvalue weighted by Crippen LogP contribution is 2.10. The van der Waals surface area contributed by atoms with Crippen LogP contribution in [0, 0.1) is 3.77 Å². The lowest BCUT2D eigenvalue weighted by atomic mass is 10.3. The number of carbonyl (C=O) groups is 1. The van der Waals surface area contributed by atoms with Gasteiger partial charge in [0, 0.05) is 6.07 Å². The minimum atomic E-state index is -0.334. The molecular weight excluding hydrogens is 259 g/mol. The van der Waals surface area contributed by atoms with Gasteiger partial charge in [-0.1, -0.05) is 0 Å². The first kappa shape index (κ1) is 8.58. The van der Waals surface area contributed by atoms with Gasteiger partial charge >= 0.3 is 5.97 Å². The Hall–Kier alpha value is -0.520. The molecule has 0 saturated heterocycles. The highest BCUT2D eigenvalue weighted by atomic mass is 127. The molecule has 0 bridgehead atoms. The van der Waals surface area contributed by atoms with Gasteiger partial charge in [0.25, 0.3) is 0 Å². The van der Waals surface area contributed by atoms with E-state index in [1.807, 2.05) is 22.6 Å². The molecule has 4 heteroatoms. The lowest BCUT2D eigenvalue weighted by molar-refractivity contribution is 0.0525. The summed E-state index contributed by atoms with van der Waals surface area (Å²) in [5, 5.41) is 0. The minimum Gasteiger partial charge on any atom is -0.462 e. The monoisotopic (exact) mass is 266 g/mol. The van der Waals surface area contributed by atoms with Crippen LogP contribution in [0.2, 0.25) is 0 Å². The van der Waals surface area contributed by atoms with E-state index in [1.165, 1.54) is 6.26 Å². The number of furan rings is 1. The van der Waals surface area contributed by atoms with E-state index in [0.717, 1.165) is 0 Å². The summed E-state index contributed by atoms with van der Waals surface area (Å²) in [5.74, 6) is -0.334. The number of carbonyl (C=O) groups excluding carboxylic acids is 1. The fraction of sp³-hybridized carbons (Fsp3) is 0.286. The van der Waals surface area contributed by atoms with E-state index in [2.05, 4.69) is 0 Å². The van der Waals surface area contributed by atoms with Crippen LogP contribution in [0.25, 0.3) is 0 Å². The second kappa shape index (κ2) is 3.75. The molecular formula is C7H7IO3. The van der Waals surface area contributed by atoms with Crippen LogP contribution in [0.5, 0.6) is 0 Å². The van der Waals surface area contributed by atoms with Crippen molar-refractivity contribution in [1.29, 1.82) is 0 Å². The average Bonchev–Trinajstić information content (AvgIpc) is 2.36. The van der Waals surface area contributed by atoms with Crippen molar-refractivity contribution in [2.75, 3.05) is 6.61 Å². The molecule has 0 unspecified atom stereocenters. The maximum absolute atomic E-state index is 11.0. The molecule has 0 saturated carbocycles. The Labute approximate surface area is 77.9 Å². The number of hydrogen-bond acceptors (Lipinski definition) is 3. The van der Waals surface area contributed by atoms with Gasteiger partial charge in [-0.25, -0.2) is 4.79 Å². The standard InChI is InChI=1S/C7H7IO3/c1-2-10-7(9)5-3-6(8)11-4-5/h3-4H,2H2,1H3. The van der Waals surface area contributed by atoms with Crippen molar-refractivity contribution in [2.45, 2.75) is 6.92 Å². The van der Waals surface area contributed by atoms with Gasteiger partial charge < -0.3 is 9.15 Å². The Balaban J connectivity index is 2.69. The maximum atomic E-state index is 11.0. The highest BCUT2D eigenvalue weighted by molar-refractivity contribution is 14.1. The lowest BCUT2D eigenvalue weighted by Crippen LogP contribution is -2.02. The fourth-order valence-corrected chi connectivity index (χ4v) is 1.09. The molecule has 0 N–H and O–H groups in total. The van der Waals surface area contributed by atoms with E-state index in [9.17, 15) is 4.79 Å². The Morgan fingerprint density at radius 2 is 2.55 bits per heavy atom. The highest BCUT2D eigenvalue weighted by Gasteiger charge is 2.08. The zero-order valence-electron chi connectivity index (χ0n) is 5.96. The third-order valence-electron chi connectivity index (χ3n) is 1.08. The molecule has 1 heterocycles. The Morgan fingerprint density at radius 3 is 3.00 bits per heavy atom. The fourth-order valence-electron chi connectivity index (χ4n) is 0.632. The summed E-state index contributed by atoms with van der Waals surface area (Å²) in [6.07, 6.45) is 1.39. The number of ether oxygens (including phenoxy) is 1. The quantitative estimate of drug-likeness (QED) is 0.607. The molecule has 60 valence electrons. The Kier molecular flexibility index (Phi) is 2.92. The van der Waals surface area contributed by atoms with Crippen LogP contribution < -0.4 is 0 Å². The summed E-state index contributed by atoms with van der Waals surface area (Å²) < 4.78 is 10.3. The van der Waals surface area contributed by atoms with Gasteiger partial charge in [-0.2, -0.15) is 0 Å². The van der Waals surface area contributed by atoms with Crippen LogP contribution in [0.1, 0.15) is 17.3 Å². The van der Waals surface area contributed by atoms with Gasteiger partial charge in [-0.05, 0) is 29.5 Å². The molecule has 1 rings (SSSR count). The number of hydrogen-bond donors (Lipinski definition) is 0. The van der Waals surface area contributed by atoms with Crippen LogP contribution in [0.15, 0.2) is 16.7 Å². The van der Waals surface area contributed by atoms with E-state index in [4.69, 9.17) is 9.15 Å². The first-order valence-corrected chi connectivity index (χ1v) is 4.23. The van der Waals surface area contributed by atoms with Crippen LogP contribution >= 0.6 is 22.6 Å². The zero-order valence-corrected chi connectivity index (χ0v) is 8.12. The van der Waals surface area contributed by atoms with E-state index < -0.39 is 0 Å². The molecule has 0 aliphatic rings. The predicted molar refractivity (Wildman–Crippen MR) is 47.4 cm³/mol. The van der Waals surface area contributed by atoms with Gasteiger partial charge in [-0.3, -0.25) is 0 Å². The van der Waals surface area contributed by atoms with Gasteiger partial charge in [0.1, 0.15) is 6.26 Å². The SMILES string of the molecule is CCOC(=O)c1coc(I)c1. The first-order chi connectivity index (χ1) is 5.24. The molecule has 0 aliphatic carbocycles. The maximum Gasteiger partial charge on any atom is 0.341 e. The average molecular weight is 266 g/mol. The van der Waals surface area contributed by atoms with Gasteiger partial charge in [-0.15, -0.1) is 0 Å². The van der Waals surface area contributed by atoms with E-state index >= 15 is 0 Å². The zero-order chi connectivity index (χ0) is 8.27. The molecule has 3 nitrogen and oxygen atoms in total. The summed E-state index contributed by atoms with van der Waals surface area (Å²) in [4.78, 5) is 11.0. The Morgan fingerprint density at radius 1 is 1.82 bits per heavy atom. The molecule has 11 heavy (non-hydrogen) atoms. The summed E-state index contributed by atoms with van der Waals surface area (Å²) in [6, 6.07) is 1.64. The molecule has 0 radical (unpaired) electrons. The van der Waals surface area contributed by atoms with Crippen LogP contribution in [-0.2, 0) is 4.74 Å². The van der Waals surface area contributed by atoms with Crippen molar-refractivity contribution in [3.63, 3.8) is 0 Å². The van der Waals surface area contributed by atoms with Crippen molar-refractivity contribution in [1.82, 2.24) is 0 Å². The van der Waals surface area contributed by atoms with Crippen molar-refractivity contribution >= 4 is 28.6 Å². The van der Waals surface area contributed by atoms with Crippen LogP contribution in [-0.4, -0.2) is 12.6 Å². The normalized spacial score (nSPS) is 9.64. The molecule has 0 atom stereocenters. The second-order valence-corrected chi connectivity index (χ2v) is 2.92. The number of halogens is 1. The summed E-state index contributed by atoms with van der Waals surface area (Å²) >= 11 is 1.99. The summed E-state index contributed by atoms with van der Waals surface area (Å²) in [7, 11) is 0. The van der Waals surface area contributed by atoms with Crippen LogP contribution in [0.4, 0.5) is 0 Å². The minimum absolute atomic E-state index is 0.334. The summed E-state index contributed by atoms with van der Waals surface area (Å²) in [6.45, 7) is 2.16. The topological polar surface area (TPSA) is 39.4 Å². The van der Waals surface area contributed by atoms with E-state index in [1.54, 1.807) is 13.0 Å². The molecule has 0 aliphatic heterocycles. The number of rotatable bonds is 2. The van der Waals surface area contributed by atoms with Crippen molar-refractivity contribution < 1.29 is 13.9 Å². The van der Waals surface area contributed by atoms with Gasteiger partial charge in [0.15, 0.2) is 3.77 Å². The van der Waals surface area contributed by atoms with Crippen molar-refractivity contribution in [3.05, 3.63) is 21.7 Å². The van der Waals surface area contributed by atoms with Crippen molar-refractivity contribution in [3.8, 4) is 0 Å².